The van der Waals surface area contributed by atoms with Gasteiger partial charge in [0.2, 0.25) is 9.84 Å². The molecule has 134 valence electrons. The first-order valence-corrected chi connectivity index (χ1v) is 9.20. The first kappa shape index (κ1) is 17.9. The number of carbonyl (C=O) groups is 1. The van der Waals surface area contributed by atoms with Crippen LogP contribution in [0.15, 0.2) is 69.5 Å². The van der Waals surface area contributed by atoms with E-state index in [4.69, 9.17) is 16.0 Å². The van der Waals surface area contributed by atoms with Gasteiger partial charge in [-0.25, -0.2) is 23.2 Å². The molecule has 3 rings (SSSR count). The lowest BCUT2D eigenvalue weighted by atomic mass is 10.3. The van der Waals surface area contributed by atoms with Crippen molar-refractivity contribution in [2.75, 3.05) is 5.32 Å². The number of urea groups is 1. The number of sulfone groups is 1. The third-order valence-corrected chi connectivity index (χ3v) is 5.21. The Labute approximate surface area is 154 Å². The van der Waals surface area contributed by atoms with Gasteiger partial charge in [-0.15, -0.1) is 0 Å². The van der Waals surface area contributed by atoms with Crippen LogP contribution >= 0.6 is 11.6 Å². The van der Waals surface area contributed by atoms with Crippen LogP contribution in [0.5, 0.6) is 0 Å². The predicted molar refractivity (Wildman–Crippen MR) is 93.5 cm³/mol. The fourth-order valence-electron chi connectivity index (χ4n) is 2.03. The molecular weight excluding hydrogens is 380 g/mol. The fraction of sp³-hybridized carbons (Fsp3) is 0.0625. The van der Waals surface area contributed by atoms with Crippen molar-refractivity contribution >= 4 is 33.2 Å². The van der Waals surface area contributed by atoms with Crippen LogP contribution in [0.3, 0.4) is 0 Å². The second kappa shape index (κ2) is 7.54. The number of aromatic nitrogens is 2. The van der Waals surface area contributed by atoms with Gasteiger partial charge < -0.3 is 15.1 Å². The van der Waals surface area contributed by atoms with E-state index in [1.807, 2.05) is 0 Å². The highest BCUT2D eigenvalue weighted by atomic mass is 35.5. The number of anilines is 1. The molecule has 0 saturated carbocycles. The maximum atomic E-state index is 12.5. The van der Waals surface area contributed by atoms with Gasteiger partial charge >= 0.3 is 6.03 Å². The van der Waals surface area contributed by atoms with Crippen LogP contribution in [-0.4, -0.2) is 24.4 Å². The summed E-state index contributed by atoms with van der Waals surface area (Å²) in [5, 5.41) is 5.42. The van der Waals surface area contributed by atoms with Crippen LogP contribution in [0.1, 0.15) is 5.76 Å². The number of nitrogens with one attached hydrogen (secondary N) is 2. The van der Waals surface area contributed by atoms with Crippen molar-refractivity contribution in [3.63, 3.8) is 0 Å². The number of nitrogens with zero attached hydrogens (tertiary/aromatic N) is 2. The van der Waals surface area contributed by atoms with Crippen molar-refractivity contribution < 1.29 is 17.6 Å². The number of hydrogen-bond donors (Lipinski definition) is 2. The Bertz CT molecular complexity index is 988. The Kier molecular flexibility index (Phi) is 5.19. The molecule has 0 atom stereocenters. The monoisotopic (exact) mass is 392 g/mol. The minimum atomic E-state index is -3.76. The molecule has 0 spiro atoms. The molecule has 26 heavy (non-hydrogen) atoms. The molecule has 2 amide bonds. The maximum Gasteiger partial charge on any atom is 0.319 e. The standard InChI is InChI=1S/C16H13ClN4O4S/c17-11-1-6-15(19-7-11)26(23,24)14-4-2-12(3-5-14)21-16(22)20-9-13-8-18-10-25-13/h1-8,10H,9H2,(H2,20,21,22). The molecule has 0 aliphatic heterocycles. The summed E-state index contributed by atoms with van der Waals surface area (Å²) in [6.07, 6.45) is 4.03. The first-order valence-electron chi connectivity index (χ1n) is 7.34. The van der Waals surface area contributed by atoms with E-state index >= 15 is 0 Å². The summed E-state index contributed by atoms with van der Waals surface area (Å²) in [7, 11) is -3.76. The largest absolute Gasteiger partial charge is 0.447 e. The van der Waals surface area contributed by atoms with E-state index in [2.05, 4.69) is 20.6 Å². The number of rotatable bonds is 5. The molecule has 2 N–H and O–H groups in total. The van der Waals surface area contributed by atoms with Crippen molar-refractivity contribution in [2.45, 2.75) is 16.5 Å². The van der Waals surface area contributed by atoms with Crippen LogP contribution in [0.4, 0.5) is 10.5 Å². The zero-order valence-corrected chi connectivity index (χ0v) is 14.8. The summed E-state index contributed by atoms with van der Waals surface area (Å²) in [5.74, 6) is 0.511. The van der Waals surface area contributed by atoms with E-state index in [1.165, 1.54) is 55.2 Å². The number of pyridine rings is 1. The molecule has 3 aromatic rings. The highest BCUT2D eigenvalue weighted by molar-refractivity contribution is 7.91. The summed E-state index contributed by atoms with van der Waals surface area (Å²) in [4.78, 5) is 19.4. The molecule has 1 aromatic carbocycles. The Hall–Kier alpha value is -2.91. The van der Waals surface area contributed by atoms with E-state index in [-0.39, 0.29) is 16.5 Å². The molecule has 8 nitrogen and oxygen atoms in total. The number of amides is 2. The van der Waals surface area contributed by atoms with Crippen molar-refractivity contribution in [3.8, 4) is 0 Å². The number of oxazole rings is 1. The fourth-order valence-corrected chi connectivity index (χ4v) is 3.32. The first-order chi connectivity index (χ1) is 12.4. The van der Waals surface area contributed by atoms with Crippen LogP contribution in [0.2, 0.25) is 5.02 Å². The van der Waals surface area contributed by atoms with Crippen molar-refractivity contribution in [2.24, 2.45) is 0 Å². The van der Waals surface area contributed by atoms with Crippen LogP contribution in [0.25, 0.3) is 0 Å². The molecule has 2 aromatic heterocycles. The van der Waals surface area contributed by atoms with Crippen LogP contribution in [0, 0.1) is 0 Å². The van der Waals surface area contributed by atoms with Crippen molar-refractivity contribution in [1.29, 1.82) is 0 Å². The number of hydrogen-bond acceptors (Lipinski definition) is 6. The highest BCUT2D eigenvalue weighted by Crippen LogP contribution is 2.21. The molecule has 0 unspecified atom stereocenters. The van der Waals surface area contributed by atoms with Gasteiger partial charge in [-0.3, -0.25) is 0 Å². The van der Waals surface area contributed by atoms with Crippen LogP contribution in [-0.2, 0) is 16.4 Å². The lowest BCUT2D eigenvalue weighted by molar-refractivity contribution is 0.251. The third-order valence-electron chi connectivity index (χ3n) is 3.30. The van der Waals surface area contributed by atoms with E-state index in [9.17, 15) is 13.2 Å². The van der Waals surface area contributed by atoms with Gasteiger partial charge in [0, 0.05) is 11.9 Å². The minimum Gasteiger partial charge on any atom is -0.447 e. The number of carbonyl (C=O) groups excluding carboxylic acids is 1. The Morgan fingerprint density at radius 1 is 1.12 bits per heavy atom. The molecule has 10 heteroatoms. The van der Waals surface area contributed by atoms with Gasteiger partial charge in [0.1, 0.15) is 5.76 Å². The Morgan fingerprint density at radius 2 is 1.88 bits per heavy atom. The minimum absolute atomic E-state index is 0.0555. The van der Waals surface area contributed by atoms with Gasteiger partial charge in [-0.1, -0.05) is 11.6 Å². The van der Waals surface area contributed by atoms with E-state index < -0.39 is 15.9 Å². The van der Waals surface area contributed by atoms with Crippen molar-refractivity contribution in [3.05, 3.63) is 66.0 Å². The molecular formula is C16H13ClN4O4S. The zero-order chi connectivity index (χ0) is 18.6. The second-order valence-corrected chi connectivity index (χ2v) is 7.45. The third kappa shape index (κ3) is 4.19. The predicted octanol–water partition coefficient (Wildman–Crippen LogP) is 2.88. The molecule has 0 fully saturated rings. The summed E-state index contributed by atoms with van der Waals surface area (Å²) in [5.41, 5.74) is 0.433. The molecule has 0 aliphatic rings. The molecule has 0 aliphatic carbocycles. The summed E-state index contributed by atoms with van der Waals surface area (Å²) < 4.78 is 30.0. The van der Waals surface area contributed by atoms with Crippen molar-refractivity contribution in [1.82, 2.24) is 15.3 Å². The zero-order valence-electron chi connectivity index (χ0n) is 13.2. The lowest BCUT2D eigenvalue weighted by Gasteiger charge is -2.08. The lowest BCUT2D eigenvalue weighted by Crippen LogP contribution is -2.28. The normalized spacial score (nSPS) is 11.1. The molecule has 0 radical (unpaired) electrons. The topological polar surface area (TPSA) is 114 Å². The average Bonchev–Trinajstić information content (AvgIpc) is 3.14. The van der Waals surface area contributed by atoms with Gasteiger partial charge in [-0.05, 0) is 36.4 Å². The van der Waals surface area contributed by atoms with Gasteiger partial charge in [0.25, 0.3) is 0 Å². The average molecular weight is 393 g/mol. The highest BCUT2D eigenvalue weighted by Gasteiger charge is 2.19. The van der Waals surface area contributed by atoms with Gasteiger partial charge in [0.15, 0.2) is 11.4 Å². The van der Waals surface area contributed by atoms with Gasteiger partial charge in [0.05, 0.1) is 22.7 Å². The molecule has 0 saturated heterocycles. The molecule has 0 bridgehead atoms. The smallest absolute Gasteiger partial charge is 0.319 e. The van der Waals surface area contributed by atoms with E-state index in [0.717, 1.165) is 0 Å². The maximum absolute atomic E-state index is 12.5. The second-order valence-electron chi connectivity index (χ2n) is 5.12. The SMILES string of the molecule is O=C(NCc1cnco1)Nc1ccc(S(=O)(=O)c2ccc(Cl)cn2)cc1. The quantitative estimate of drug-likeness (QED) is 0.690. The Balaban J connectivity index is 1.66. The summed E-state index contributed by atoms with van der Waals surface area (Å²) in [6, 6.07) is 8.07. The number of benzene rings is 1. The number of halogens is 1. The Morgan fingerprint density at radius 3 is 2.50 bits per heavy atom. The van der Waals surface area contributed by atoms with Crippen LogP contribution < -0.4 is 10.6 Å². The summed E-state index contributed by atoms with van der Waals surface area (Å²) >= 11 is 5.72. The van der Waals surface area contributed by atoms with Gasteiger partial charge in [-0.2, -0.15) is 0 Å². The van der Waals surface area contributed by atoms with E-state index in [1.54, 1.807) is 0 Å². The van der Waals surface area contributed by atoms with E-state index in [0.29, 0.717) is 16.5 Å². The summed E-state index contributed by atoms with van der Waals surface area (Å²) in [6.45, 7) is 0.181. The molecule has 2 heterocycles.